The van der Waals surface area contributed by atoms with Gasteiger partial charge in [0, 0.05) is 41.4 Å². The summed E-state index contributed by atoms with van der Waals surface area (Å²) in [7, 11) is 0. The molecular weight excluding hydrogens is 998 g/mol. The number of aromatic nitrogens is 3. The number of phenols is 1. The average molecular weight is 1070 g/mol. The Morgan fingerprint density at radius 3 is 1.76 bits per heavy atom. The number of nitrogens with zero attached hydrogens (tertiary/aromatic N) is 3. The molecule has 0 aliphatic rings. The first-order valence-corrected chi connectivity index (χ1v) is 23.6. The summed E-state index contributed by atoms with van der Waals surface area (Å²) in [6.45, 7) is 29.7. The van der Waals surface area contributed by atoms with E-state index in [0.717, 1.165) is 89.2 Å². The van der Waals surface area contributed by atoms with Crippen LogP contribution in [0.2, 0.25) is 0 Å². The summed E-state index contributed by atoms with van der Waals surface area (Å²) in [5, 5.41) is 12.2. The first-order chi connectivity index (χ1) is 31.8. The average Bonchev–Trinajstić information content (AvgIpc) is 3.67. The molecule has 2 aromatic heterocycles. The van der Waals surface area contributed by atoms with Crippen molar-refractivity contribution in [3.63, 3.8) is 0 Å². The number of para-hydroxylation sites is 1. The van der Waals surface area contributed by atoms with E-state index < -0.39 is 11.8 Å². The third-order valence-electron chi connectivity index (χ3n) is 13.1. The summed E-state index contributed by atoms with van der Waals surface area (Å²) >= 11 is 0. The normalized spacial score (nSPS) is 13.0. The molecule has 1 N–H and O–H groups in total. The van der Waals surface area contributed by atoms with Crippen LogP contribution in [-0.2, 0) is 31.9 Å². The van der Waals surface area contributed by atoms with Gasteiger partial charge in [-0.2, -0.15) is 0 Å². The second-order valence-corrected chi connectivity index (χ2v) is 21.2. The second-order valence-electron chi connectivity index (χ2n) is 21.2. The number of aromatic hydroxyl groups is 1. The first-order valence-electron chi connectivity index (χ1n) is 24.6. The predicted molar refractivity (Wildman–Crippen MR) is 280 cm³/mol. The number of fused-ring (bicyclic) bond motifs is 1. The zero-order chi connectivity index (χ0) is 49.2. The minimum absolute atomic E-state index is 0. The van der Waals surface area contributed by atoms with Gasteiger partial charge in [-0.25, -0.2) is 4.98 Å². The summed E-state index contributed by atoms with van der Waals surface area (Å²) in [6, 6.07) is 46.4. The van der Waals surface area contributed by atoms with Crippen molar-refractivity contribution in [1.82, 2.24) is 14.5 Å². The van der Waals surface area contributed by atoms with Crippen LogP contribution >= 0.6 is 0 Å². The van der Waals surface area contributed by atoms with Crippen LogP contribution in [0.25, 0.3) is 72.7 Å². The fraction of sp³-hybridized carbons (Fsp3) is 0.323. The zero-order valence-corrected chi connectivity index (χ0v) is 44.2. The Morgan fingerprint density at radius 1 is 0.582 bits per heavy atom. The Hall–Kier alpha value is -5.57. The van der Waals surface area contributed by atoms with Gasteiger partial charge in [0.2, 0.25) is 0 Å². The van der Waals surface area contributed by atoms with Gasteiger partial charge < -0.3 is 5.11 Å². The molecule has 0 bridgehead atoms. The van der Waals surface area contributed by atoms with E-state index in [1.54, 1.807) is 0 Å². The molecule has 0 saturated heterocycles. The summed E-state index contributed by atoms with van der Waals surface area (Å²) in [6.07, 6.45) is 1.89. The number of hydrogen-bond acceptors (Lipinski definition) is 3. The standard InChI is InChI=1S/C62H68N3O.Pt/c1-37(2)44-34-53(40(7)8)59(66)54(35-44)60-64-58-52(19-16-20-56(58)65(60)49-27-23-42(24-28-49)57-50(38(3)4)17-15-18-51(57)39(5)6)45-31-46(33-48(32-45)62(12,13)14)55-36-43(29-30-63-55)41-21-25-47(26-22-41)61(9,10)11;/h15-30,32-40,66H,1-14H3;/q-1;/i38D,39D;. The van der Waals surface area contributed by atoms with Gasteiger partial charge in [-0.1, -0.05) is 187 Å². The monoisotopic (exact) mass is 1070 g/mol. The number of pyridine rings is 1. The van der Waals surface area contributed by atoms with Crippen molar-refractivity contribution in [2.24, 2.45) is 0 Å². The van der Waals surface area contributed by atoms with E-state index in [2.05, 4.69) is 183 Å². The SMILES string of the molecule is [2H]C(C)(C)c1cccc(C([2H])(C)C)c1-c1ccc(-n2c(-c3cc(C(C)C)cc(C(C)C)c3O)nc3c(-c4[c-]c(-c5cc(-c6ccc(C(C)(C)C)cc6)ccn5)cc(C(C)(C)C)c4)cccc32)cc1.[Pt]. The molecule has 0 radical (unpaired) electrons. The van der Waals surface area contributed by atoms with E-state index in [1.165, 1.54) is 5.56 Å². The van der Waals surface area contributed by atoms with Crippen molar-refractivity contribution >= 4 is 11.0 Å². The van der Waals surface area contributed by atoms with Crippen molar-refractivity contribution in [3.8, 4) is 67.5 Å². The van der Waals surface area contributed by atoms with Gasteiger partial charge in [-0.15, -0.1) is 29.3 Å². The molecule has 8 rings (SSSR count). The minimum Gasteiger partial charge on any atom is -0.507 e. The van der Waals surface area contributed by atoms with E-state index in [1.807, 2.05) is 52.1 Å². The molecule has 8 aromatic rings. The van der Waals surface area contributed by atoms with Crippen LogP contribution in [0.1, 0.15) is 157 Å². The van der Waals surface area contributed by atoms with Crippen LogP contribution in [0.3, 0.4) is 0 Å². The molecule has 0 atom stereocenters. The van der Waals surface area contributed by atoms with Crippen molar-refractivity contribution < 1.29 is 28.9 Å². The molecule has 0 spiro atoms. The van der Waals surface area contributed by atoms with E-state index in [4.69, 9.17) is 12.7 Å². The molecule has 2 heterocycles. The first kappa shape index (κ1) is 46.5. The topological polar surface area (TPSA) is 50.9 Å². The van der Waals surface area contributed by atoms with Gasteiger partial charge >= 0.3 is 0 Å². The molecule has 5 heteroatoms. The number of phenolic OH excluding ortho intramolecular Hbond substituents is 1. The number of benzene rings is 6. The maximum atomic E-state index is 12.2. The second kappa shape index (κ2) is 19.2. The molecular formula is C62H68N3OPt-. The van der Waals surface area contributed by atoms with Crippen molar-refractivity contribution in [1.29, 1.82) is 0 Å². The zero-order valence-electron chi connectivity index (χ0n) is 43.9. The maximum Gasteiger partial charge on any atom is 0.148 e. The Morgan fingerprint density at radius 2 is 1.18 bits per heavy atom. The van der Waals surface area contributed by atoms with Crippen LogP contribution in [-0.4, -0.2) is 19.6 Å². The van der Waals surface area contributed by atoms with Crippen LogP contribution in [0.4, 0.5) is 0 Å². The number of imidazole rings is 1. The Balaban J connectivity index is 0.00000703. The van der Waals surface area contributed by atoms with Crippen molar-refractivity contribution in [3.05, 3.63) is 167 Å². The van der Waals surface area contributed by atoms with E-state index >= 15 is 0 Å². The van der Waals surface area contributed by atoms with Gasteiger partial charge in [0.1, 0.15) is 11.6 Å². The fourth-order valence-corrected chi connectivity index (χ4v) is 9.06. The quantitative estimate of drug-likeness (QED) is 0.139. The third kappa shape index (κ3) is 9.89. The molecule has 6 aromatic carbocycles. The molecule has 0 saturated carbocycles. The predicted octanol–water partition coefficient (Wildman–Crippen LogP) is 17.3. The molecule has 4 nitrogen and oxygen atoms in total. The van der Waals surface area contributed by atoms with Crippen LogP contribution < -0.4 is 0 Å². The van der Waals surface area contributed by atoms with E-state index in [9.17, 15) is 5.11 Å². The minimum atomic E-state index is -0.884. The molecule has 0 aliphatic heterocycles. The van der Waals surface area contributed by atoms with Crippen molar-refractivity contribution in [2.45, 2.75) is 131 Å². The molecule has 0 amide bonds. The van der Waals surface area contributed by atoms with E-state index in [-0.39, 0.29) is 49.5 Å². The van der Waals surface area contributed by atoms with Gasteiger partial charge in [0.25, 0.3) is 0 Å². The van der Waals surface area contributed by atoms with Crippen molar-refractivity contribution in [2.75, 3.05) is 0 Å². The summed E-state index contributed by atoms with van der Waals surface area (Å²) < 4.78 is 20.4. The number of rotatable bonds is 10. The van der Waals surface area contributed by atoms with Gasteiger partial charge in [0.05, 0.1) is 16.6 Å². The fourth-order valence-electron chi connectivity index (χ4n) is 9.06. The van der Waals surface area contributed by atoms with Gasteiger partial charge in [0.15, 0.2) is 0 Å². The summed E-state index contributed by atoms with van der Waals surface area (Å²) in [4.78, 5) is 10.5. The molecule has 348 valence electrons. The Kier molecular flexibility index (Phi) is 13.3. The third-order valence-corrected chi connectivity index (χ3v) is 13.1. The molecule has 0 aliphatic carbocycles. The van der Waals surface area contributed by atoms with Crippen LogP contribution in [0.15, 0.2) is 128 Å². The van der Waals surface area contributed by atoms with E-state index in [0.29, 0.717) is 11.4 Å². The largest absolute Gasteiger partial charge is 0.507 e. The molecule has 67 heavy (non-hydrogen) atoms. The van der Waals surface area contributed by atoms with Crippen LogP contribution in [0, 0.1) is 6.07 Å². The van der Waals surface area contributed by atoms with Gasteiger partial charge in [-0.05, 0) is 115 Å². The smallest absolute Gasteiger partial charge is 0.148 e. The molecule has 0 fully saturated rings. The summed E-state index contributed by atoms with van der Waals surface area (Å²) in [5.41, 5.74) is 17.0. The Labute approximate surface area is 418 Å². The Bertz CT molecular complexity index is 3120. The van der Waals surface area contributed by atoms with Gasteiger partial charge in [-0.3, -0.25) is 9.55 Å². The van der Waals surface area contributed by atoms with Crippen LogP contribution in [0.5, 0.6) is 5.75 Å². The summed E-state index contributed by atoms with van der Waals surface area (Å²) in [5.74, 6) is -0.590. The molecule has 0 unspecified atom stereocenters. The number of hydrogen-bond donors (Lipinski definition) is 1. The maximum absolute atomic E-state index is 12.2.